The summed E-state index contributed by atoms with van der Waals surface area (Å²) in [6.45, 7) is 0. The number of pyridine rings is 1. The normalized spacial score (nSPS) is 11.6. The molecule has 7 heteroatoms. The van der Waals surface area contributed by atoms with Crippen LogP contribution in [-0.2, 0) is 6.18 Å². The van der Waals surface area contributed by atoms with Gasteiger partial charge in [0, 0.05) is 27.9 Å². The first-order valence-electron chi connectivity index (χ1n) is 5.05. The zero-order valence-electron chi connectivity index (χ0n) is 9.18. The van der Waals surface area contributed by atoms with Gasteiger partial charge in [-0.25, -0.2) is 0 Å². The van der Waals surface area contributed by atoms with E-state index in [1.807, 2.05) is 4.98 Å². The standard InChI is InChI=1S/C12H6Cl2F3NO/c13-6-1-2-8(14)7(5-6)10-9(19)3-4-18-11(10)12(15,16)17/h1-5H,(H,18,19). The molecule has 0 bridgehead atoms. The van der Waals surface area contributed by atoms with Crippen LogP contribution in [0.1, 0.15) is 5.69 Å². The average molecular weight is 308 g/mol. The maximum Gasteiger partial charge on any atom is 0.431 e. The highest BCUT2D eigenvalue weighted by Crippen LogP contribution is 2.37. The van der Waals surface area contributed by atoms with Crippen molar-refractivity contribution >= 4 is 23.2 Å². The van der Waals surface area contributed by atoms with Crippen molar-refractivity contribution in [2.45, 2.75) is 6.18 Å². The molecule has 0 unspecified atom stereocenters. The molecule has 1 heterocycles. The van der Waals surface area contributed by atoms with Crippen molar-refractivity contribution in [1.29, 1.82) is 0 Å². The first-order chi connectivity index (χ1) is 8.80. The van der Waals surface area contributed by atoms with Crippen molar-refractivity contribution < 1.29 is 13.2 Å². The molecule has 0 spiro atoms. The highest BCUT2D eigenvalue weighted by Gasteiger charge is 2.36. The Labute approximate surface area is 115 Å². The highest BCUT2D eigenvalue weighted by atomic mass is 35.5. The maximum absolute atomic E-state index is 12.9. The summed E-state index contributed by atoms with van der Waals surface area (Å²) in [5.41, 5.74) is -2.52. The van der Waals surface area contributed by atoms with Crippen molar-refractivity contribution in [1.82, 2.24) is 4.98 Å². The molecule has 0 saturated carbocycles. The average Bonchev–Trinajstić information content (AvgIpc) is 2.31. The molecule has 1 N–H and O–H groups in total. The van der Waals surface area contributed by atoms with E-state index in [4.69, 9.17) is 23.2 Å². The van der Waals surface area contributed by atoms with Crippen LogP contribution in [0, 0.1) is 0 Å². The van der Waals surface area contributed by atoms with Gasteiger partial charge < -0.3 is 4.98 Å². The summed E-state index contributed by atoms with van der Waals surface area (Å²) in [5.74, 6) is 0. The highest BCUT2D eigenvalue weighted by molar-refractivity contribution is 6.35. The smallest absolute Gasteiger partial charge is 0.357 e. The van der Waals surface area contributed by atoms with Gasteiger partial charge in [-0.3, -0.25) is 4.79 Å². The second kappa shape index (κ2) is 4.90. The number of halogens is 5. The van der Waals surface area contributed by atoms with E-state index in [9.17, 15) is 18.0 Å². The Hall–Kier alpha value is -1.46. The fraction of sp³-hybridized carbons (Fsp3) is 0.0833. The van der Waals surface area contributed by atoms with Crippen LogP contribution in [-0.4, -0.2) is 4.98 Å². The molecule has 1 aromatic carbocycles. The SMILES string of the molecule is O=c1cc[nH]c(C(F)(F)F)c1-c1cc(Cl)ccc1Cl. The van der Waals surface area contributed by atoms with Crippen molar-refractivity contribution in [3.8, 4) is 11.1 Å². The Morgan fingerprint density at radius 2 is 1.79 bits per heavy atom. The lowest BCUT2D eigenvalue weighted by molar-refractivity contribution is -0.140. The molecule has 2 rings (SSSR count). The number of rotatable bonds is 1. The molecule has 0 atom stereocenters. The predicted molar refractivity (Wildman–Crippen MR) is 67.5 cm³/mol. The summed E-state index contributed by atoms with van der Waals surface area (Å²) in [6.07, 6.45) is -3.76. The van der Waals surface area contributed by atoms with Crippen molar-refractivity contribution in [3.05, 3.63) is 56.4 Å². The van der Waals surface area contributed by atoms with Crippen LogP contribution < -0.4 is 5.43 Å². The topological polar surface area (TPSA) is 32.9 Å². The van der Waals surface area contributed by atoms with E-state index in [-0.39, 0.29) is 15.6 Å². The minimum Gasteiger partial charge on any atom is -0.357 e. The number of alkyl halides is 3. The Kier molecular flexibility index (Phi) is 3.60. The zero-order valence-corrected chi connectivity index (χ0v) is 10.7. The minimum absolute atomic E-state index is 0.0200. The number of aromatic amines is 1. The number of nitrogens with one attached hydrogen (secondary N) is 1. The lowest BCUT2D eigenvalue weighted by Crippen LogP contribution is -2.17. The Balaban J connectivity index is 2.82. The van der Waals surface area contributed by atoms with E-state index in [0.717, 1.165) is 12.3 Å². The number of hydrogen-bond donors (Lipinski definition) is 1. The Bertz CT molecular complexity index is 679. The summed E-state index contributed by atoms with van der Waals surface area (Å²) < 4.78 is 38.7. The molecule has 100 valence electrons. The van der Waals surface area contributed by atoms with Gasteiger partial charge in [-0.05, 0) is 18.2 Å². The molecule has 19 heavy (non-hydrogen) atoms. The summed E-state index contributed by atoms with van der Waals surface area (Å²) in [6, 6.07) is 5.00. The number of H-pyrrole nitrogens is 1. The molecule has 0 aliphatic heterocycles. The molecule has 1 aromatic heterocycles. The van der Waals surface area contributed by atoms with Crippen LogP contribution >= 0.6 is 23.2 Å². The van der Waals surface area contributed by atoms with Gasteiger partial charge in [0.25, 0.3) is 0 Å². The van der Waals surface area contributed by atoms with Crippen LogP contribution in [0.15, 0.2) is 35.3 Å². The van der Waals surface area contributed by atoms with Gasteiger partial charge in [0.2, 0.25) is 0 Å². The number of aromatic nitrogens is 1. The van der Waals surface area contributed by atoms with Crippen LogP contribution in [0.25, 0.3) is 11.1 Å². The fourth-order valence-electron chi connectivity index (χ4n) is 1.66. The van der Waals surface area contributed by atoms with Crippen LogP contribution in [0.3, 0.4) is 0 Å². The second-order valence-corrected chi connectivity index (χ2v) is 4.56. The van der Waals surface area contributed by atoms with E-state index in [1.165, 1.54) is 18.2 Å². The Morgan fingerprint density at radius 3 is 2.42 bits per heavy atom. The van der Waals surface area contributed by atoms with E-state index >= 15 is 0 Å². The quantitative estimate of drug-likeness (QED) is 0.834. The fourth-order valence-corrected chi connectivity index (χ4v) is 2.04. The molecule has 2 aromatic rings. The largest absolute Gasteiger partial charge is 0.431 e. The van der Waals surface area contributed by atoms with E-state index < -0.39 is 22.9 Å². The molecule has 0 saturated heterocycles. The molecule has 2 nitrogen and oxygen atoms in total. The zero-order chi connectivity index (χ0) is 14.2. The predicted octanol–water partition coefficient (Wildman–Crippen LogP) is 4.37. The van der Waals surface area contributed by atoms with Gasteiger partial charge in [-0.15, -0.1) is 0 Å². The minimum atomic E-state index is -4.69. The van der Waals surface area contributed by atoms with Gasteiger partial charge >= 0.3 is 6.18 Å². The lowest BCUT2D eigenvalue weighted by atomic mass is 10.0. The molecular formula is C12H6Cl2F3NO. The van der Waals surface area contributed by atoms with Crippen LogP contribution in [0.2, 0.25) is 10.0 Å². The summed E-state index contributed by atoms with van der Waals surface area (Å²) in [7, 11) is 0. The van der Waals surface area contributed by atoms with Gasteiger partial charge in [-0.2, -0.15) is 13.2 Å². The van der Waals surface area contributed by atoms with E-state index in [0.29, 0.717) is 0 Å². The summed E-state index contributed by atoms with van der Waals surface area (Å²) in [5, 5.41) is 0.211. The molecule has 0 aliphatic rings. The summed E-state index contributed by atoms with van der Waals surface area (Å²) >= 11 is 11.6. The van der Waals surface area contributed by atoms with Crippen molar-refractivity contribution in [2.75, 3.05) is 0 Å². The molecule has 0 fully saturated rings. The Morgan fingerprint density at radius 1 is 1.11 bits per heavy atom. The van der Waals surface area contributed by atoms with Gasteiger partial charge in [-0.1, -0.05) is 23.2 Å². The monoisotopic (exact) mass is 307 g/mol. The van der Waals surface area contributed by atoms with Crippen LogP contribution in [0.4, 0.5) is 13.2 Å². The van der Waals surface area contributed by atoms with Gasteiger partial charge in [0.1, 0.15) is 5.69 Å². The number of hydrogen-bond acceptors (Lipinski definition) is 1. The van der Waals surface area contributed by atoms with Crippen LogP contribution in [0.5, 0.6) is 0 Å². The molecule has 0 aliphatic carbocycles. The van der Waals surface area contributed by atoms with Gasteiger partial charge in [0.05, 0.1) is 5.56 Å². The number of benzene rings is 1. The molecular weight excluding hydrogens is 302 g/mol. The third-order valence-corrected chi connectivity index (χ3v) is 3.00. The van der Waals surface area contributed by atoms with Crippen molar-refractivity contribution in [2.24, 2.45) is 0 Å². The first-order valence-corrected chi connectivity index (χ1v) is 5.80. The molecule has 0 amide bonds. The lowest BCUT2D eigenvalue weighted by Gasteiger charge is -2.13. The second-order valence-electron chi connectivity index (χ2n) is 3.71. The van der Waals surface area contributed by atoms with E-state index in [1.54, 1.807) is 0 Å². The maximum atomic E-state index is 12.9. The third kappa shape index (κ3) is 2.77. The van der Waals surface area contributed by atoms with Crippen molar-refractivity contribution in [3.63, 3.8) is 0 Å². The van der Waals surface area contributed by atoms with E-state index in [2.05, 4.69) is 0 Å². The molecule has 0 radical (unpaired) electrons. The summed E-state index contributed by atoms with van der Waals surface area (Å²) in [4.78, 5) is 13.8. The third-order valence-electron chi connectivity index (χ3n) is 2.44. The van der Waals surface area contributed by atoms with Gasteiger partial charge in [0.15, 0.2) is 5.43 Å². The first kappa shape index (κ1) is 14.0.